The van der Waals surface area contributed by atoms with E-state index in [2.05, 4.69) is 112 Å². The van der Waals surface area contributed by atoms with E-state index in [0.29, 0.717) is 138 Å². The number of hydrogen-bond acceptors (Lipinski definition) is 19. The van der Waals surface area contributed by atoms with E-state index in [1.165, 1.54) is 27.0 Å². The number of aryl methyl sites for hydroxylation is 6. The molecule has 510 valence electrons. The zero-order chi connectivity index (χ0) is 67.1. The van der Waals surface area contributed by atoms with E-state index in [1.54, 1.807) is 48.0 Å². The van der Waals surface area contributed by atoms with E-state index in [9.17, 15) is 31.2 Å². The number of rotatable bonds is 19. The Morgan fingerprint density at radius 2 is 0.849 bits per heavy atom. The lowest BCUT2D eigenvalue weighted by Gasteiger charge is -2.33. The van der Waals surface area contributed by atoms with Crippen LogP contribution in [0.2, 0.25) is 0 Å². The first-order valence-corrected chi connectivity index (χ1v) is 41.2. The summed E-state index contributed by atoms with van der Waals surface area (Å²) >= 11 is 4.24. The average Bonchev–Trinajstić information content (AvgIpc) is 1.75. The third-order valence-electron chi connectivity index (χ3n) is 13.8. The van der Waals surface area contributed by atoms with Crippen molar-refractivity contribution < 1.29 is 44.0 Å². The van der Waals surface area contributed by atoms with Gasteiger partial charge in [0.05, 0.1) is 63.4 Å². The number of ether oxygens (including phenoxy) is 3. The molecule has 9 aromatic rings. The first kappa shape index (κ1) is 80.8. The molecule has 1 saturated heterocycles. The fourth-order valence-electron chi connectivity index (χ4n) is 9.87. The van der Waals surface area contributed by atoms with Gasteiger partial charge in [0, 0.05) is 104 Å². The minimum absolute atomic E-state index is 0. The molecule has 0 atom stereocenters. The highest BCUT2D eigenvalue weighted by Gasteiger charge is 2.30. The number of fused-ring (bicyclic) bond motifs is 3. The van der Waals surface area contributed by atoms with Gasteiger partial charge in [0.1, 0.15) is 34.7 Å². The SMILES string of the molecule is CCCc1nc(C)c2c(=O)[nH]c(-c3cc(S(=O)(=O)Cl)ccc3OCC)nn12.CCCc1nc(C)c2c(=O)[nH]c(-c3cc(S(=O)(=O)N4CCN(CC)CC4)ccc3OCC)nn12.CCCc1nc(C)c2c(=O)[nH]c(-c3ccccc3OCC)nn12.I.I.II.O=S(=O)(O)Cl. The standard InChI is InChI=1S/C23H32N6O4S.C17H19ClN4O4S.C17H20N4O2.ClHO3S.I2.2HI/c1-5-8-20-24-16(4)21-23(30)25-22(26-29(20)21)18-15-17(9-10-19(18)33-7-3)34(31,32)28-13-11-27(6-2)12-14-28;1-4-6-14-19-10(3)15-17(23)20-16(21-22(14)15)12-9-11(27(18,24)25)7-8-13(12)26-5-2;1-4-8-14-18-11(3)15-17(22)19-16(20-21(14)15)12-9-6-7-10-13(12)23-5-2;1-5(2,3)4;1-2;;/h9-10,15H,5-8,11-14H2,1-4H3,(H,25,26,30);7-9H,4-6H2,1-3H3,(H,20,21,23);6-7,9-10H,4-5,8H2,1-3H3,(H,19,20,22);(H,2,3,4);;2*1H. The fraction of sp³-hybridized carbons (Fsp3) is 0.421. The number of hydrogen-bond donors (Lipinski definition) is 4. The lowest BCUT2D eigenvalue weighted by molar-refractivity contribution is 0.196. The van der Waals surface area contributed by atoms with Crippen molar-refractivity contribution in [3.8, 4) is 51.4 Å². The molecule has 0 saturated carbocycles. The normalized spacial score (nSPS) is 12.6. The van der Waals surface area contributed by atoms with E-state index >= 15 is 0 Å². The molecule has 3 aromatic carbocycles. The Hall–Kier alpha value is -4.66. The number of benzene rings is 3. The van der Waals surface area contributed by atoms with Crippen molar-refractivity contribution >= 4 is 152 Å². The van der Waals surface area contributed by atoms with E-state index in [1.807, 2.05) is 58.9 Å². The van der Waals surface area contributed by atoms with Crippen LogP contribution < -0.4 is 30.9 Å². The van der Waals surface area contributed by atoms with Crippen LogP contribution in [-0.4, -0.2) is 150 Å². The van der Waals surface area contributed by atoms with Gasteiger partial charge in [-0.2, -0.15) is 12.7 Å². The van der Waals surface area contributed by atoms with Gasteiger partial charge < -0.3 is 34.1 Å². The van der Waals surface area contributed by atoms with Crippen molar-refractivity contribution in [1.29, 1.82) is 0 Å². The highest BCUT2D eigenvalue weighted by Crippen LogP contribution is 2.34. The molecular weight excluding hydrogens is 1760 g/mol. The lowest BCUT2D eigenvalue weighted by Crippen LogP contribution is -2.48. The molecule has 27 nitrogen and oxygen atoms in total. The number of likely N-dealkylation sites (N-methyl/N-ethyl adjacent to an activating group) is 1. The number of para-hydroxylation sites is 1. The maximum atomic E-state index is 13.4. The molecule has 6 aromatic heterocycles. The summed E-state index contributed by atoms with van der Waals surface area (Å²) < 4.78 is 98.7. The molecule has 4 N–H and O–H groups in total. The van der Waals surface area contributed by atoms with Crippen LogP contribution in [0.3, 0.4) is 0 Å². The van der Waals surface area contributed by atoms with Crippen LogP contribution >= 0.6 is 107 Å². The number of H-pyrrole nitrogens is 3. The predicted molar refractivity (Wildman–Crippen MR) is 397 cm³/mol. The largest absolute Gasteiger partial charge is 0.493 e. The van der Waals surface area contributed by atoms with Gasteiger partial charge in [0.25, 0.3) is 25.7 Å². The zero-order valence-corrected chi connectivity index (χ0v) is 65.4. The van der Waals surface area contributed by atoms with Crippen LogP contribution in [0, 0.1) is 20.8 Å². The number of halogens is 6. The molecule has 0 bridgehead atoms. The fourth-order valence-corrected chi connectivity index (χ4v) is 12.1. The number of sulfonamides is 1. The molecule has 0 radical (unpaired) electrons. The minimum atomic E-state index is -4.19. The number of aromatic amines is 3. The van der Waals surface area contributed by atoms with Crippen LogP contribution in [0.4, 0.5) is 0 Å². The number of aromatic nitrogens is 12. The number of piperazine rings is 1. The second-order valence-electron chi connectivity index (χ2n) is 20.1. The average molecular weight is 1840 g/mol. The molecule has 7 heterocycles. The summed E-state index contributed by atoms with van der Waals surface area (Å²) in [4.78, 5) is 62.1. The van der Waals surface area contributed by atoms with Gasteiger partial charge in [-0.05, 0) is 116 Å². The number of nitrogens with zero attached hydrogens (tertiary/aromatic N) is 11. The van der Waals surface area contributed by atoms with Crippen molar-refractivity contribution in [2.75, 3.05) is 52.5 Å². The summed E-state index contributed by atoms with van der Waals surface area (Å²) in [5.74, 6) is 4.60. The van der Waals surface area contributed by atoms with Crippen molar-refractivity contribution in [3.05, 3.63) is 126 Å². The van der Waals surface area contributed by atoms with Gasteiger partial charge in [-0.25, -0.2) is 45.3 Å². The predicted octanol–water partition coefficient (Wildman–Crippen LogP) is 10.5. The third kappa shape index (κ3) is 20.5. The maximum absolute atomic E-state index is 13.4. The molecule has 93 heavy (non-hydrogen) atoms. The minimum Gasteiger partial charge on any atom is -0.493 e. The summed E-state index contributed by atoms with van der Waals surface area (Å²) in [6.07, 6.45) is 4.73. The Kier molecular flexibility index (Phi) is 31.8. The Balaban J connectivity index is 0.000000284. The molecule has 0 amide bonds. The van der Waals surface area contributed by atoms with Crippen LogP contribution in [0.5, 0.6) is 17.2 Å². The summed E-state index contributed by atoms with van der Waals surface area (Å²) in [6, 6.07) is 16.4. The Morgan fingerprint density at radius 1 is 0.516 bits per heavy atom. The van der Waals surface area contributed by atoms with Gasteiger partial charge in [-0.3, -0.25) is 18.9 Å². The highest BCUT2D eigenvalue weighted by molar-refractivity contribution is 15.0. The quantitative estimate of drug-likeness (QED) is 0.0332. The van der Waals surface area contributed by atoms with E-state index < -0.39 is 28.4 Å². The summed E-state index contributed by atoms with van der Waals surface area (Å²) in [5, 5.41) is 13.7. The third-order valence-corrected chi connectivity index (χ3v) is 17.0. The summed E-state index contributed by atoms with van der Waals surface area (Å²) in [7, 11) is -2.33. The molecular formula is C57H74Cl2I4N14O13S3. The molecule has 1 aliphatic heterocycles. The summed E-state index contributed by atoms with van der Waals surface area (Å²) in [5.41, 5.74) is 3.78. The molecule has 0 aliphatic carbocycles. The first-order valence-electron chi connectivity index (χ1n) is 28.9. The molecule has 0 unspecified atom stereocenters. The van der Waals surface area contributed by atoms with Crippen LogP contribution in [0.25, 0.3) is 50.7 Å². The monoisotopic (exact) mass is 1840 g/mol. The van der Waals surface area contributed by atoms with E-state index in [4.69, 9.17) is 37.9 Å². The maximum Gasteiger partial charge on any atom is 0.353 e. The summed E-state index contributed by atoms with van der Waals surface area (Å²) in [6.45, 7) is 23.6. The smallest absolute Gasteiger partial charge is 0.353 e. The van der Waals surface area contributed by atoms with Crippen molar-refractivity contribution in [1.82, 2.24) is 68.0 Å². The number of nitrogens with one attached hydrogen (secondary N) is 3. The molecule has 1 fully saturated rings. The van der Waals surface area contributed by atoms with E-state index in [0.717, 1.165) is 43.6 Å². The van der Waals surface area contributed by atoms with Gasteiger partial charge >= 0.3 is 9.33 Å². The van der Waals surface area contributed by atoms with Crippen LogP contribution in [-0.2, 0) is 47.7 Å². The first-order chi connectivity index (χ1) is 43.2. The van der Waals surface area contributed by atoms with Gasteiger partial charge in [-0.1, -0.05) is 39.8 Å². The Labute approximate surface area is 605 Å². The second-order valence-corrected chi connectivity index (χ2v) is 26.6. The number of imidazole rings is 3. The van der Waals surface area contributed by atoms with Crippen molar-refractivity contribution in [2.45, 2.75) is 118 Å². The second kappa shape index (κ2) is 36.6. The zero-order valence-electron chi connectivity index (χ0n) is 52.5. The van der Waals surface area contributed by atoms with Gasteiger partial charge in [-0.15, -0.1) is 63.2 Å². The molecule has 36 heteroatoms. The van der Waals surface area contributed by atoms with Gasteiger partial charge in [0.15, 0.2) is 34.0 Å². The van der Waals surface area contributed by atoms with Crippen molar-refractivity contribution in [3.63, 3.8) is 0 Å². The highest BCUT2D eigenvalue weighted by atomic mass is 128. The topological polar surface area (TPSA) is 346 Å². The lowest BCUT2D eigenvalue weighted by atomic mass is 10.2. The van der Waals surface area contributed by atoms with Gasteiger partial charge in [0.2, 0.25) is 10.0 Å². The Bertz CT molecular complexity index is 4550. The van der Waals surface area contributed by atoms with Crippen LogP contribution in [0.1, 0.15) is 102 Å². The van der Waals surface area contributed by atoms with E-state index in [-0.39, 0.29) is 86.1 Å². The van der Waals surface area contributed by atoms with Crippen molar-refractivity contribution in [2.24, 2.45) is 0 Å². The Morgan fingerprint density at radius 3 is 1.19 bits per heavy atom. The van der Waals surface area contributed by atoms with Crippen LogP contribution in [0.15, 0.2) is 84.8 Å². The molecule has 0 spiro atoms. The molecule has 10 rings (SSSR count). The molecule has 1 aliphatic rings.